The van der Waals surface area contributed by atoms with Crippen molar-refractivity contribution < 1.29 is 9.53 Å². The van der Waals surface area contributed by atoms with Crippen LogP contribution in [0.5, 0.6) is 0 Å². The molecule has 0 spiro atoms. The van der Waals surface area contributed by atoms with Gasteiger partial charge in [0.05, 0.1) is 6.10 Å². The minimum absolute atomic E-state index is 0.0187. The maximum Gasteiger partial charge on any atom is 0.251 e. The van der Waals surface area contributed by atoms with Gasteiger partial charge in [0.25, 0.3) is 5.91 Å². The molecule has 1 heterocycles. The number of rotatable bonds is 3. The summed E-state index contributed by atoms with van der Waals surface area (Å²) in [6, 6.07) is 9.27. The summed E-state index contributed by atoms with van der Waals surface area (Å²) in [5.41, 5.74) is 0.707. The van der Waals surface area contributed by atoms with Crippen molar-refractivity contribution in [2.45, 2.75) is 25.4 Å². The van der Waals surface area contributed by atoms with E-state index in [0.717, 1.165) is 19.4 Å². The van der Waals surface area contributed by atoms with Crippen molar-refractivity contribution in [1.82, 2.24) is 5.32 Å². The number of nitrogens with one attached hydrogen (secondary N) is 1. The molecule has 1 unspecified atom stereocenters. The van der Waals surface area contributed by atoms with Crippen LogP contribution in [0.3, 0.4) is 0 Å². The Labute approximate surface area is 95.8 Å². The summed E-state index contributed by atoms with van der Waals surface area (Å²) in [4.78, 5) is 11.7. The maximum absolute atomic E-state index is 11.7. The molecule has 86 valence electrons. The highest BCUT2D eigenvalue weighted by Gasteiger charge is 2.14. The van der Waals surface area contributed by atoms with Gasteiger partial charge in [-0.2, -0.15) is 0 Å². The summed E-state index contributed by atoms with van der Waals surface area (Å²) < 4.78 is 5.55. The van der Waals surface area contributed by atoms with E-state index in [4.69, 9.17) is 4.74 Å². The molecule has 3 heteroatoms. The molecule has 2 rings (SSSR count). The third-order valence-electron chi connectivity index (χ3n) is 2.80. The summed E-state index contributed by atoms with van der Waals surface area (Å²) in [5, 5.41) is 2.90. The molecule has 1 aromatic rings. The average molecular weight is 219 g/mol. The van der Waals surface area contributed by atoms with Crippen LogP contribution in [-0.4, -0.2) is 25.2 Å². The van der Waals surface area contributed by atoms with Crippen LogP contribution in [0, 0.1) is 0 Å². The minimum atomic E-state index is -0.0187. The molecule has 0 radical (unpaired) electrons. The molecule has 1 fully saturated rings. The van der Waals surface area contributed by atoms with E-state index in [1.807, 2.05) is 30.3 Å². The highest BCUT2D eigenvalue weighted by molar-refractivity contribution is 5.94. The monoisotopic (exact) mass is 219 g/mol. The van der Waals surface area contributed by atoms with Gasteiger partial charge >= 0.3 is 0 Å². The first-order chi connectivity index (χ1) is 7.86. The smallest absolute Gasteiger partial charge is 0.251 e. The van der Waals surface area contributed by atoms with Gasteiger partial charge in [0.15, 0.2) is 0 Å². The summed E-state index contributed by atoms with van der Waals surface area (Å²) >= 11 is 0. The Hall–Kier alpha value is -1.35. The summed E-state index contributed by atoms with van der Waals surface area (Å²) in [6.07, 6.45) is 3.59. The maximum atomic E-state index is 11.7. The number of ether oxygens (including phenoxy) is 1. The van der Waals surface area contributed by atoms with Gasteiger partial charge in [-0.15, -0.1) is 0 Å². The lowest BCUT2D eigenvalue weighted by Gasteiger charge is -2.22. The SMILES string of the molecule is O=C(NCC1CCCCO1)c1ccccc1. The van der Waals surface area contributed by atoms with Crippen molar-refractivity contribution >= 4 is 5.91 Å². The Balaban J connectivity index is 1.79. The largest absolute Gasteiger partial charge is 0.376 e. The van der Waals surface area contributed by atoms with Gasteiger partial charge in [0.2, 0.25) is 0 Å². The summed E-state index contributed by atoms with van der Waals surface area (Å²) in [5.74, 6) is -0.0187. The van der Waals surface area contributed by atoms with Crippen LogP contribution >= 0.6 is 0 Å². The van der Waals surface area contributed by atoms with E-state index in [2.05, 4.69) is 5.32 Å². The molecule has 0 aromatic heterocycles. The fourth-order valence-corrected chi connectivity index (χ4v) is 1.87. The first-order valence-corrected chi connectivity index (χ1v) is 5.81. The normalized spacial score (nSPS) is 20.4. The van der Waals surface area contributed by atoms with Gasteiger partial charge in [-0.25, -0.2) is 0 Å². The fourth-order valence-electron chi connectivity index (χ4n) is 1.87. The molecule has 1 aromatic carbocycles. The van der Waals surface area contributed by atoms with Crippen molar-refractivity contribution in [2.24, 2.45) is 0 Å². The summed E-state index contributed by atoms with van der Waals surface area (Å²) in [7, 11) is 0. The van der Waals surface area contributed by atoms with E-state index in [1.54, 1.807) is 0 Å². The number of carbonyl (C=O) groups excluding carboxylic acids is 1. The molecule has 0 saturated carbocycles. The zero-order valence-electron chi connectivity index (χ0n) is 9.32. The highest BCUT2D eigenvalue weighted by atomic mass is 16.5. The van der Waals surface area contributed by atoms with Gasteiger partial charge in [-0.05, 0) is 31.4 Å². The zero-order chi connectivity index (χ0) is 11.2. The lowest BCUT2D eigenvalue weighted by atomic mass is 10.1. The Bertz CT molecular complexity index is 331. The number of hydrogen-bond acceptors (Lipinski definition) is 2. The molecule has 1 aliphatic heterocycles. The molecular weight excluding hydrogens is 202 g/mol. The van der Waals surface area contributed by atoms with E-state index < -0.39 is 0 Å². The molecule has 3 nitrogen and oxygen atoms in total. The van der Waals surface area contributed by atoms with Crippen molar-refractivity contribution in [2.75, 3.05) is 13.2 Å². The molecule has 16 heavy (non-hydrogen) atoms. The van der Waals surface area contributed by atoms with E-state index >= 15 is 0 Å². The average Bonchev–Trinajstić information content (AvgIpc) is 2.38. The molecular formula is C13H17NO2. The van der Waals surface area contributed by atoms with Crippen LogP contribution in [0.1, 0.15) is 29.6 Å². The summed E-state index contributed by atoms with van der Waals surface area (Å²) in [6.45, 7) is 1.44. The Morgan fingerprint density at radius 2 is 2.12 bits per heavy atom. The van der Waals surface area contributed by atoms with Crippen LogP contribution in [0.25, 0.3) is 0 Å². The second-order valence-electron chi connectivity index (χ2n) is 4.06. The fraction of sp³-hybridized carbons (Fsp3) is 0.462. The highest BCUT2D eigenvalue weighted by Crippen LogP contribution is 2.11. The Morgan fingerprint density at radius 1 is 1.31 bits per heavy atom. The Morgan fingerprint density at radius 3 is 2.81 bits per heavy atom. The van der Waals surface area contributed by atoms with Crippen molar-refractivity contribution in [3.05, 3.63) is 35.9 Å². The molecule has 0 bridgehead atoms. The van der Waals surface area contributed by atoms with E-state index in [0.29, 0.717) is 12.1 Å². The van der Waals surface area contributed by atoms with Gasteiger partial charge in [-0.3, -0.25) is 4.79 Å². The number of benzene rings is 1. The standard InChI is InChI=1S/C13H17NO2/c15-13(11-6-2-1-3-7-11)14-10-12-8-4-5-9-16-12/h1-3,6-7,12H,4-5,8-10H2,(H,14,15). The predicted octanol–water partition coefficient (Wildman–Crippen LogP) is 1.99. The van der Waals surface area contributed by atoms with Crippen molar-refractivity contribution in [1.29, 1.82) is 0 Å². The van der Waals surface area contributed by atoms with E-state index in [9.17, 15) is 4.79 Å². The molecule has 1 amide bonds. The second-order valence-corrected chi connectivity index (χ2v) is 4.06. The lowest BCUT2D eigenvalue weighted by Crippen LogP contribution is -2.35. The van der Waals surface area contributed by atoms with E-state index in [1.165, 1.54) is 6.42 Å². The number of hydrogen-bond donors (Lipinski definition) is 1. The van der Waals surface area contributed by atoms with E-state index in [-0.39, 0.29) is 12.0 Å². The van der Waals surface area contributed by atoms with Crippen LogP contribution in [0.15, 0.2) is 30.3 Å². The quantitative estimate of drug-likeness (QED) is 0.844. The zero-order valence-corrected chi connectivity index (χ0v) is 9.32. The Kier molecular flexibility index (Phi) is 3.94. The third-order valence-corrected chi connectivity index (χ3v) is 2.80. The van der Waals surface area contributed by atoms with Crippen molar-refractivity contribution in [3.8, 4) is 0 Å². The van der Waals surface area contributed by atoms with Crippen LogP contribution in [0.4, 0.5) is 0 Å². The third kappa shape index (κ3) is 3.07. The molecule has 1 saturated heterocycles. The van der Waals surface area contributed by atoms with Crippen LogP contribution < -0.4 is 5.32 Å². The van der Waals surface area contributed by atoms with Gasteiger partial charge < -0.3 is 10.1 Å². The molecule has 1 N–H and O–H groups in total. The minimum Gasteiger partial charge on any atom is -0.376 e. The first kappa shape index (κ1) is 11.1. The number of amides is 1. The molecule has 1 atom stereocenters. The van der Waals surface area contributed by atoms with Gasteiger partial charge in [-0.1, -0.05) is 18.2 Å². The van der Waals surface area contributed by atoms with Gasteiger partial charge in [0.1, 0.15) is 0 Å². The van der Waals surface area contributed by atoms with Crippen LogP contribution in [-0.2, 0) is 4.74 Å². The topological polar surface area (TPSA) is 38.3 Å². The molecule has 0 aliphatic carbocycles. The van der Waals surface area contributed by atoms with Crippen molar-refractivity contribution in [3.63, 3.8) is 0 Å². The first-order valence-electron chi connectivity index (χ1n) is 5.81. The van der Waals surface area contributed by atoms with Crippen LogP contribution in [0.2, 0.25) is 0 Å². The predicted molar refractivity (Wildman–Crippen MR) is 62.4 cm³/mol. The lowest BCUT2D eigenvalue weighted by molar-refractivity contribution is 0.0169. The second kappa shape index (κ2) is 5.66. The molecule has 1 aliphatic rings. The van der Waals surface area contributed by atoms with Gasteiger partial charge in [0, 0.05) is 18.7 Å². The number of carbonyl (C=O) groups is 1.